The van der Waals surface area contributed by atoms with E-state index in [9.17, 15) is 4.39 Å². The number of fused-ring (bicyclic) bond motifs is 1. The van der Waals surface area contributed by atoms with Gasteiger partial charge in [-0.15, -0.1) is 5.10 Å². The van der Waals surface area contributed by atoms with Crippen LogP contribution in [0.3, 0.4) is 0 Å². The maximum absolute atomic E-state index is 13.9. The molecule has 0 bridgehead atoms. The van der Waals surface area contributed by atoms with Gasteiger partial charge in [0.05, 0.1) is 25.3 Å². The van der Waals surface area contributed by atoms with Crippen LogP contribution in [0.25, 0.3) is 22.4 Å². The zero-order valence-corrected chi connectivity index (χ0v) is 19.9. The van der Waals surface area contributed by atoms with Crippen molar-refractivity contribution in [2.24, 2.45) is 5.92 Å². The average molecular weight is 477 g/mol. The van der Waals surface area contributed by atoms with Crippen LogP contribution in [0.1, 0.15) is 37.2 Å². The number of halogens is 1. The molecule has 35 heavy (non-hydrogen) atoms. The maximum atomic E-state index is 13.9. The monoisotopic (exact) mass is 476 g/mol. The molecule has 2 aromatic heterocycles. The fraction of sp³-hybridized carbons (Fsp3) is 0.370. The predicted octanol–water partition coefficient (Wildman–Crippen LogP) is 5.83. The summed E-state index contributed by atoms with van der Waals surface area (Å²) in [5.74, 6) is 1.77. The van der Waals surface area contributed by atoms with Crippen molar-refractivity contribution in [2.75, 3.05) is 26.1 Å². The molecule has 1 unspecified atom stereocenters. The largest absolute Gasteiger partial charge is 0.497 e. The third kappa shape index (κ3) is 5.12. The fourth-order valence-corrected chi connectivity index (χ4v) is 5.09. The summed E-state index contributed by atoms with van der Waals surface area (Å²) in [6.07, 6.45) is 5.90. The number of hydrogen-bond donors (Lipinski definition) is 1. The van der Waals surface area contributed by atoms with Crippen molar-refractivity contribution in [1.82, 2.24) is 15.2 Å². The minimum absolute atomic E-state index is 0.0525. The van der Waals surface area contributed by atoms with E-state index < -0.39 is 0 Å². The third-order valence-corrected chi connectivity index (χ3v) is 6.94. The van der Waals surface area contributed by atoms with E-state index in [4.69, 9.17) is 13.9 Å². The Morgan fingerprint density at radius 2 is 1.83 bits per heavy atom. The van der Waals surface area contributed by atoms with Gasteiger partial charge >= 0.3 is 6.01 Å². The van der Waals surface area contributed by atoms with E-state index in [0.717, 1.165) is 47.9 Å². The summed E-state index contributed by atoms with van der Waals surface area (Å²) < 4.78 is 30.5. The van der Waals surface area contributed by atoms with Crippen LogP contribution in [0.15, 0.2) is 59.1 Å². The highest BCUT2D eigenvalue weighted by Gasteiger charge is 2.30. The van der Waals surface area contributed by atoms with E-state index >= 15 is 0 Å². The second-order valence-electron chi connectivity index (χ2n) is 9.02. The van der Waals surface area contributed by atoms with Crippen molar-refractivity contribution in [3.8, 4) is 17.2 Å². The van der Waals surface area contributed by atoms with E-state index in [0.29, 0.717) is 30.3 Å². The van der Waals surface area contributed by atoms with Crippen molar-refractivity contribution in [2.45, 2.75) is 37.6 Å². The van der Waals surface area contributed by atoms with Crippen LogP contribution in [0.5, 0.6) is 5.75 Å². The first kappa shape index (κ1) is 23.2. The number of nitrogens with one attached hydrogen (secondary N) is 1. The molecule has 1 saturated carbocycles. The highest BCUT2D eigenvalue weighted by atomic mass is 19.1. The Labute approximate surface area is 203 Å². The number of nitrogens with zero attached hydrogens (tertiary/aromatic N) is 3. The first-order valence-corrected chi connectivity index (χ1v) is 11.9. The number of anilines is 1. The Kier molecular flexibility index (Phi) is 6.90. The first-order chi connectivity index (χ1) is 17.1. The van der Waals surface area contributed by atoms with Gasteiger partial charge in [0.1, 0.15) is 11.6 Å². The molecule has 0 amide bonds. The minimum atomic E-state index is -0.224. The Morgan fingerprint density at radius 3 is 2.57 bits per heavy atom. The molecule has 0 aliphatic heterocycles. The van der Waals surface area contributed by atoms with Crippen LogP contribution in [0, 0.1) is 11.7 Å². The molecule has 0 spiro atoms. The summed E-state index contributed by atoms with van der Waals surface area (Å²) in [5.41, 5.74) is 2.86. The first-order valence-electron chi connectivity index (χ1n) is 11.9. The number of rotatable bonds is 8. The van der Waals surface area contributed by atoms with Gasteiger partial charge in [0.2, 0.25) is 5.89 Å². The number of pyridine rings is 1. The SMILES string of the molecule is COCC(Nc1nnc(-c2ccc(OC)cc2)o1)C1CCC(c2ccnc3ccc(F)cc23)CC1. The maximum Gasteiger partial charge on any atom is 0.316 e. The zero-order chi connectivity index (χ0) is 24.2. The van der Waals surface area contributed by atoms with Crippen molar-refractivity contribution < 1.29 is 18.3 Å². The number of hydrogen-bond acceptors (Lipinski definition) is 7. The minimum Gasteiger partial charge on any atom is -0.497 e. The molecule has 1 fully saturated rings. The average Bonchev–Trinajstić information content (AvgIpc) is 3.37. The van der Waals surface area contributed by atoms with Crippen LogP contribution < -0.4 is 10.1 Å². The lowest BCUT2D eigenvalue weighted by Gasteiger charge is -2.34. The van der Waals surface area contributed by atoms with E-state index in [2.05, 4.69) is 20.5 Å². The number of benzene rings is 2. The summed E-state index contributed by atoms with van der Waals surface area (Å²) in [6.45, 7) is 0.541. The number of ether oxygens (including phenoxy) is 2. The van der Waals surface area contributed by atoms with Gasteiger partial charge in [-0.3, -0.25) is 4.98 Å². The molecular weight excluding hydrogens is 447 g/mol. The standard InChI is InChI=1S/C27H29FN4O3/c1-33-16-25(30-27-32-31-26(35-27)19-7-10-21(34-2)11-8-19)18-5-3-17(4-6-18)22-13-14-29-24-12-9-20(28)15-23(22)24/h7-15,17-18,25H,3-6,16H2,1-2H3,(H,30,32). The van der Waals surface area contributed by atoms with Gasteiger partial charge in [0.25, 0.3) is 0 Å². The molecule has 7 nitrogen and oxygen atoms in total. The van der Waals surface area contributed by atoms with E-state index in [1.54, 1.807) is 26.4 Å². The fourth-order valence-electron chi connectivity index (χ4n) is 5.09. The second kappa shape index (κ2) is 10.4. The molecule has 1 atom stereocenters. The van der Waals surface area contributed by atoms with Gasteiger partial charge in [0, 0.05) is 24.3 Å². The van der Waals surface area contributed by atoms with Gasteiger partial charge in [-0.25, -0.2) is 4.39 Å². The van der Waals surface area contributed by atoms with Crippen molar-refractivity contribution in [3.63, 3.8) is 0 Å². The molecule has 1 aliphatic rings. The number of aromatic nitrogens is 3. The zero-order valence-electron chi connectivity index (χ0n) is 19.9. The van der Waals surface area contributed by atoms with Gasteiger partial charge in [-0.2, -0.15) is 0 Å². The summed E-state index contributed by atoms with van der Waals surface area (Å²) in [4.78, 5) is 4.40. The molecule has 0 radical (unpaired) electrons. The van der Waals surface area contributed by atoms with Gasteiger partial charge in [-0.05, 0) is 91.6 Å². The second-order valence-corrected chi connectivity index (χ2v) is 9.02. The molecule has 182 valence electrons. The molecule has 2 aromatic carbocycles. The van der Waals surface area contributed by atoms with Crippen LogP contribution in [-0.2, 0) is 4.74 Å². The molecule has 0 saturated heterocycles. The molecular formula is C27H29FN4O3. The van der Waals surface area contributed by atoms with E-state index in [1.807, 2.05) is 36.5 Å². The molecule has 5 rings (SSSR count). The summed E-state index contributed by atoms with van der Waals surface area (Å²) in [7, 11) is 3.33. The van der Waals surface area contributed by atoms with Crippen LogP contribution in [-0.4, -0.2) is 42.0 Å². The lowest BCUT2D eigenvalue weighted by molar-refractivity contribution is 0.148. The van der Waals surface area contributed by atoms with Gasteiger partial charge < -0.3 is 19.2 Å². The molecule has 1 N–H and O–H groups in total. The lowest BCUT2D eigenvalue weighted by Crippen LogP contribution is -2.35. The smallest absolute Gasteiger partial charge is 0.316 e. The lowest BCUT2D eigenvalue weighted by atomic mass is 9.75. The Morgan fingerprint density at radius 1 is 1.03 bits per heavy atom. The van der Waals surface area contributed by atoms with Gasteiger partial charge in [-0.1, -0.05) is 5.10 Å². The normalized spacial score (nSPS) is 18.9. The van der Waals surface area contributed by atoms with Crippen molar-refractivity contribution in [3.05, 3.63) is 66.1 Å². The molecule has 2 heterocycles. The van der Waals surface area contributed by atoms with Crippen molar-refractivity contribution >= 4 is 16.9 Å². The van der Waals surface area contributed by atoms with Crippen molar-refractivity contribution in [1.29, 1.82) is 0 Å². The van der Waals surface area contributed by atoms with E-state index in [-0.39, 0.29) is 11.9 Å². The predicted molar refractivity (Wildman–Crippen MR) is 132 cm³/mol. The summed E-state index contributed by atoms with van der Waals surface area (Å²) in [5, 5.41) is 12.7. The Hall–Kier alpha value is -3.52. The topological polar surface area (TPSA) is 82.3 Å². The molecule has 8 heteroatoms. The van der Waals surface area contributed by atoms with E-state index in [1.165, 1.54) is 11.6 Å². The quantitative estimate of drug-likeness (QED) is 0.342. The summed E-state index contributed by atoms with van der Waals surface area (Å²) in [6, 6.07) is 14.8. The van der Waals surface area contributed by atoms with Crippen LogP contribution >= 0.6 is 0 Å². The van der Waals surface area contributed by atoms with Gasteiger partial charge in [0.15, 0.2) is 0 Å². The Bertz CT molecular complexity index is 1270. The highest BCUT2D eigenvalue weighted by molar-refractivity contribution is 5.82. The van der Waals surface area contributed by atoms with Crippen LogP contribution in [0.4, 0.5) is 10.4 Å². The highest BCUT2D eigenvalue weighted by Crippen LogP contribution is 2.40. The molecule has 1 aliphatic carbocycles. The van der Waals surface area contributed by atoms with Crippen LogP contribution in [0.2, 0.25) is 0 Å². The summed E-state index contributed by atoms with van der Waals surface area (Å²) >= 11 is 0. The molecule has 4 aromatic rings. The number of methoxy groups -OCH3 is 2. The Balaban J connectivity index is 1.26. The third-order valence-electron chi connectivity index (χ3n) is 6.94.